The molecule has 0 aliphatic heterocycles. The Balaban J connectivity index is 2.33. The van der Waals surface area contributed by atoms with Crippen LogP contribution < -0.4 is 0 Å². The second kappa shape index (κ2) is 3.56. The van der Waals surface area contributed by atoms with Gasteiger partial charge in [0.05, 0.1) is 11.9 Å². The van der Waals surface area contributed by atoms with Crippen LogP contribution in [0.3, 0.4) is 0 Å². The summed E-state index contributed by atoms with van der Waals surface area (Å²) in [6.45, 7) is 1.68. The number of hydrogen-bond acceptors (Lipinski definition) is 5. The van der Waals surface area contributed by atoms with Crippen molar-refractivity contribution in [3.63, 3.8) is 0 Å². The molecular weight excluding hydrogens is 200 g/mol. The summed E-state index contributed by atoms with van der Waals surface area (Å²) in [7, 11) is 0. The summed E-state index contributed by atoms with van der Waals surface area (Å²) in [6.07, 6.45) is 2.52. The summed E-state index contributed by atoms with van der Waals surface area (Å²) < 4.78 is 10.2. The van der Waals surface area contributed by atoms with Gasteiger partial charge in [-0.05, 0) is 6.92 Å². The maximum Gasteiger partial charge on any atom is 0.311 e. The minimum Gasteiger partial charge on any atom is -0.481 e. The Bertz CT molecular complexity index is 472. The number of carboxylic acids is 1. The number of rotatable bonds is 3. The zero-order chi connectivity index (χ0) is 10.8. The number of oxazole rings is 2. The van der Waals surface area contributed by atoms with E-state index in [9.17, 15) is 4.79 Å². The highest BCUT2D eigenvalue weighted by Crippen LogP contribution is 2.21. The second-order valence-electron chi connectivity index (χ2n) is 2.96. The maximum absolute atomic E-state index is 10.5. The van der Waals surface area contributed by atoms with Crippen LogP contribution in [-0.2, 0) is 11.2 Å². The molecule has 2 rings (SSSR count). The summed E-state index contributed by atoms with van der Waals surface area (Å²) in [5.41, 5.74) is 0.545. The van der Waals surface area contributed by atoms with Crippen molar-refractivity contribution in [3.05, 3.63) is 24.0 Å². The highest BCUT2D eigenvalue weighted by molar-refractivity contribution is 5.69. The van der Waals surface area contributed by atoms with Crippen molar-refractivity contribution in [2.24, 2.45) is 0 Å². The third kappa shape index (κ3) is 1.88. The third-order valence-corrected chi connectivity index (χ3v) is 1.85. The molecule has 6 heteroatoms. The van der Waals surface area contributed by atoms with Crippen LogP contribution >= 0.6 is 0 Å². The normalized spacial score (nSPS) is 10.5. The van der Waals surface area contributed by atoms with E-state index in [1.165, 1.54) is 12.6 Å². The van der Waals surface area contributed by atoms with Gasteiger partial charge >= 0.3 is 5.97 Å². The molecule has 0 spiro atoms. The van der Waals surface area contributed by atoms with Crippen LogP contribution in [0.2, 0.25) is 0 Å². The van der Waals surface area contributed by atoms with E-state index in [-0.39, 0.29) is 12.3 Å². The van der Waals surface area contributed by atoms with Gasteiger partial charge < -0.3 is 13.9 Å². The third-order valence-electron chi connectivity index (χ3n) is 1.85. The van der Waals surface area contributed by atoms with E-state index in [4.69, 9.17) is 13.9 Å². The summed E-state index contributed by atoms with van der Waals surface area (Å²) in [5, 5.41) is 8.61. The zero-order valence-corrected chi connectivity index (χ0v) is 7.93. The topological polar surface area (TPSA) is 89.4 Å². The molecule has 15 heavy (non-hydrogen) atoms. The largest absolute Gasteiger partial charge is 0.481 e. The van der Waals surface area contributed by atoms with E-state index >= 15 is 0 Å². The van der Waals surface area contributed by atoms with Crippen LogP contribution in [0, 0.1) is 6.92 Å². The van der Waals surface area contributed by atoms with Gasteiger partial charge in [-0.2, -0.15) is 0 Å². The van der Waals surface area contributed by atoms with E-state index in [0.717, 1.165) is 0 Å². The first-order valence-corrected chi connectivity index (χ1v) is 4.24. The first kappa shape index (κ1) is 9.45. The van der Waals surface area contributed by atoms with Crippen LogP contribution in [0.4, 0.5) is 0 Å². The van der Waals surface area contributed by atoms with Crippen molar-refractivity contribution in [1.82, 2.24) is 9.97 Å². The lowest BCUT2D eigenvalue weighted by atomic mass is 10.3. The molecule has 1 N–H and O–H groups in total. The van der Waals surface area contributed by atoms with Crippen LogP contribution in [0.25, 0.3) is 11.7 Å². The molecule has 0 aliphatic rings. The molecule has 0 unspecified atom stereocenters. The number of aliphatic carboxylic acids is 1. The molecule has 0 radical (unpaired) electrons. The standard InChI is InChI=1S/C9H8N2O4/c1-5-6(2-8(12)13)15-9(11-5)7-3-10-4-14-7/h3-4H,2H2,1H3,(H,12,13). The maximum atomic E-state index is 10.5. The van der Waals surface area contributed by atoms with Crippen molar-refractivity contribution in [2.45, 2.75) is 13.3 Å². The molecule has 0 saturated heterocycles. The van der Waals surface area contributed by atoms with Crippen molar-refractivity contribution in [1.29, 1.82) is 0 Å². The van der Waals surface area contributed by atoms with Gasteiger partial charge in [-0.3, -0.25) is 4.79 Å². The first-order chi connectivity index (χ1) is 7.16. The predicted molar refractivity (Wildman–Crippen MR) is 48.1 cm³/mol. The fourth-order valence-corrected chi connectivity index (χ4v) is 1.16. The van der Waals surface area contributed by atoms with Crippen LogP contribution in [0.15, 0.2) is 21.4 Å². The number of hydrogen-bond donors (Lipinski definition) is 1. The van der Waals surface area contributed by atoms with E-state index in [1.807, 2.05) is 0 Å². The molecule has 0 aromatic carbocycles. The number of aromatic nitrogens is 2. The lowest BCUT2D eigenvalue weighted by molar-refractivity contribution is -0.136. The first-order valence-electron chi connectivity index (χ1n) is 4.24. The van der Waals surface area contributed by atoms with Crippen LogP contribution in [-0.4, -0.2) is 21.0 Å². The van der Waals surface area contributed by atoms with Crippen LogP contribution in [0.5, 0.6) is 0 Å². The molecule has 0 amide bonds. The number of aryl methyl sites for hydroxylation is 1. The van der Waals surface area contributed by atoms with Gasteiger partial charge in [-0.1, -0.05) is 0 Å². The molecule has 0 saturated carbocycles. The lowest BCUT2D eigenvalue weighted by Crippen LogP contribution is -1.99. The van der Waals surface area contributed by atoms with Crippen molar-refractivity contribution < 1.29 is 18.7 Å². The van der Waals surface area contributed by atoms with Crippen molar-refractivity contribution >= 4 is 5.97 Å². The molecule has 6 nitrogen and oxygen atoms in total. The summed E-state index contributed by atoms with van der Waals surface area (Å²) in [4.78, 5) is 18.3. The highest BCUT2D eigenvalue weighted by atomic mass is 16.4. The Morgan fingerprint density at radius 1 is 1.60 bits per heavy atom. The quantitative estimate of drug-likeness (QED) is 0.816. The molecule has 2 heterocycles. The minimum atomic E-state index is -0.960. The fourth-order valence-electron chi connectivity index (χ4n) is 1.16. The average molecular weight is 208 g/mol. The molecule has 0 atom stereocenters. The Labute approximate surface area is 84.6 Å². The second-order valence-corrected chi connectivity index (χ2v) is 2.96. The molecule has 0 fully saturated rings. The van der Waals surface area contributed by atoms with Crippen molar-refractivity contribution in [3.8, 4) is 11.7 Å². The van der Waals surface area contributed by atoms with Gasteiger partial charge in [-0.15, -0.1) is 0 Å². The SMILES string of the molecule is Cc1nc(-c2cnco2)oc1CC(=O)O. The predicted octanol–water partition coefficient (Wildman–Crippen LogP) is 1.27. The Kier molecular flexibility index (Phi) is 2.24. The summed E-state index contributed by atoms with van der Waals surface area (Å²) in [6, 6.07) is 0. The molecule has 2 aromatic rings. The molecule has 2 aromatic heterocycles. The average Bonchev–Trinajstić information content (AvgIpc) is 2.75. The van der Waals surface area contributed by atoms with Gasteiger partial charge in [0.1, 0.15) is 12.2 Å². The van der Waals surface area contributed by atoms with Gasteiger partial charge in [0.2, 0.25) is 5.76 Å². The van der Waals surface area contributed by atoms with Gasteiger partial charge in [0, 0.05) is 0 Å². The van der Waals surface area contributed by atoms with Crippen molar-refractivity contribution in [2.75, 3.05) is 0 Å². The van der Waals surface area contributed by atoms with Gasteiger partial charge in [0.15, 0.2) is 6.39 Å². The number of carboxylic acid groups (broad SMARTS) is 1. The summed E-state index contributed by atoms with van der Waals surface area (Å²) in [5.74, 6) is 0.00302. The zero-order valence-electron chi connectivity index (χ0n) is 7.93. The smallest absolute Gasteiger partial charge is 0.311 e. The lowest BCUT2D eigenvalue weighted by Gasteiger charge is -1.89. The molecular formula is C9H8N2O4. The van der Waals surface area contributed by atoms with E-state index in [0.29, 0.717) is 17.2 Å². The van der Waals surface area contributed by atoms with E-state index < -0.39 is 5.97 Å². The number of nitrogens with zero attached hydrogens (tertiary/aromatic N) is 2. The number of carbonyl (C=O) groups is 1. The fraction of sp³-hybridized carbons (Fsp3) is 0.222. The molecule has 0 aliphatic carbocycles. The van der Waals surface area contributed by atoms with E-state index in [1.54, 1.807) is 6.92 Å². The monoisotopic (exact) mass is 208 g/mol. The molecule has 0 bridgehead atoms. The van der Waals surface area contributed by atoms with Gasteiger partial charge in [-0.25, -0.2) is 9.97 Å². The molecule has 78 valence electrons. The Hall–Kier alpha value is -2.11. The Morgan fingerprint density at radius 3 is 3.00 bits per heavy atom. The summed E-state index contributed by atoms with van der Waals surface area (Å²) >= 11 is 0. The minimum absolute atomic E-state index is 0.188. The van der Waals surface area contributed by atoms with Crippen LogP contribution in [0.1, 0.15) is 11.5 Å². The Morgan fingerprint density at radius 2 is 2.40 bits per heavy atom. The highest BCUT2D eigenvalue weighted by Gasteiger charge is 2.15. The van der Waals surface area contributed by atoms with Gasteiger partial charge in [0.25, 0.3) is 5.89 Å². The van der Waals surface area contributed by atoms with E-state index in [2.05, 4.69) is 9.97 Å².